The number of carbonyl (C=O) groups excluding carboxylic acids is 1. The average molecular weight is 391 g/mol. The fourth-order valence-corrected chi connectivity index (χ4v) is 3.57. The number of halogens is 2. The van der Waals surface area contributed by atoms with Gasteiger partial charge in [0.2, 0.25) is 0 Å². The van der Waals surface area contributed by atoms with Gasteiger partial charge in [-0.25, -0.2) is 4.79 Å². The molecule has 0 fully saturated rings. The van der Waals surface area contributed by atoms with Crippen molar-refractivity contribution in [2.45, 2.75) is 18.8 Å². The van der Waals surface area contributed by atoms with Crippen molar-refractivity contribution in [1.29, 1.82) is 0 Å². The minimum absolute atomic E-state index is 0.0403. The standard InChI is InChI=1S/C20H16Cl2O4/c21-19-16(6-7-17(20(19)22)26-11-18(24)25)14-8-13(9-15(23)10-14)12-4-2-1-3-5-12/h1-7,10,13H,8-9,11H2,(H,24,25). The maximum atomic E-state index is 12.2. The molecule has 0 saturated heterocycles. The summed E-state index contributed by atoms with van der Waals surface area (Å²) in [6.45, 7) is -0.507. The second-order valence-electron chi connectivity index (χ2n) is 6.07. The Balaban J connectivity index is 1.89. The molecule has 0 heterocycles. The molecule has 0 amide bonds. The molecule has 0 bridgehead atoms. The summed E-state index contributed by atoms with van der Waals surface area (Å²) < 4.78 is 5.13. The van der Waals surface area contributed by atoms with Crippen LogP contribution in [0.3, 0.4) is 0 Å². The molecule has 0 radical (unpaired) electrons. The van der Waals surface area contributed by atoms with Gasteiger partial charge in [-0.05, 0) is 47.2 Å². The van der Waals surface area contributed by atoms with Crippen LogP contribution in [0.1, 0.15) is 29.9 Å². The number of hydrogen-bond donors (Lipinski definition) is 1. The van der Waals surface area contributed by atoms with E-state index in [1.807, 2.05) is 30.3 Å². The number of carboxylic acids is 1. The first kappa shape index (κ1) is 18.5. The van der Waals surface area contributed by atoms with Crippen molar-refractivity contribution in [3.05, 3.63) is 69.7 Å². The molecule has 0 aliphatic heterocycles. The Hall–Kier alpha value is -2.30. The van der Waals surface area contributed by atoms with Gasteiger partial charge in [-0.15, -0.1) is 0 Å². The average Bonchev–Trinajstić information content (AvgIpc) is 2.63. The van der Waals surface area contributed by atoms with E-state index >= 15 is 0 Å². The van der Waals surface area contributed by atoms with Crippen molar-refractivity contribution in [3.63, 3.8) is 0 Å². The molecule has 1 aliphatic carbocycles. The summed E-state index contributed by atoms with van der Waals surface area (Å²) in [5.41, 5.74) is 2.58. The number of carbonyl (C=O) groups is 2. The van der Waals surface area contributed by atoms with Crippen LogP contribution in [0.4, 0.5) is 0 Å². The largest absolute Gasteiger partial charge is 0.480 e. The first-order valence-corrected chi connectivity index (χ1v) is 8.82. The van der Waals surface area contributed by atoms with E-state index in [4.69, 9.17) is 33.0 Å². The summed E-state index contributed by atoms with van der Waals surface area (Å²) in [7, 11) is 0. The van der Waals surface area contributed by atoms with E-state index in [-0.39, 0.29) is 27.5 Å². The highest BCUT2D eigenvalue weighted by Crippen LogP contribution is 2.42. The van der Waals surface area contributed by atoms with E-state index in [0.29, 0.717) is 18.4 Å². The molecular formula is C20H16Cl2O4. The molecule has 1 atom stereocenters. The highest BCUT2D eigenvalue weighted by molar-refractivity contribution is 6.44. The Bertz CT molecular complexity index is 875. The molecule has 26 heavy (non-hydrogen) atoms. The van der Waals surface area contributed by atoms with Crippen LogP contribution in [-0.4, -0.2) is 23.5 Å². The van der Waals surface area contributed by atoms with E-state index in [0.717, 1.165) is 11.1 Å². The number of ether oxygens (including phenoxy) is 1. The summed E-state index contributed by atoms with van der Waals surface area (Å²) in [6.07, 6.45) is 2.73. The molecule has 2 aromatic carbocycles. The minimum Gasteiger partial charge on any atom is -0.480 e. The van der Waals surface area contributed by atoms with Crippen LogP contribution >= 0.6 is 23.2 Å². The van der Waals surface area contributed by atoms with Crippen LogP contribution in [0.2, 0.25) is 10.0 Å². The minimum atomic E-state index is -1.10. The van der Waals surface area contributed by atoms with Gasteiger partial charge in [0.1, 0.15) is 10.8 Å². The van der Waals surface area contributed by atoms with Crippen LogP contribution in [0.25, 0.3) is 5.57 Å². The van der Waals surface area contributed by atoms with Gasteiger partial charge in [0.05, 0.1) is 5.02 Å². The predicted octanol–water partition coefficient (Wildman–Crippen LogP) is 4.99. The van der Waals surface area contributed by atoms with Crippen molar-refractivity contribution >= 4 is 40.5 Å². The number of ketones is 1. The number of aliphatic carboxylic acids is 1. The smallest absolute Gasteiger partial charge is 0.341 e. The predicted molar refractivity (Wildman–Crippen MR) is 101 cm³/mol. The van der Waals surface area contributed by atoms with Gasteiger partial charge in [-0.3, -0.25) is 4.79 Å². The van der Waals surface area contributed by atoms with Crippen molar-refractivity contribution in [1.82, 2.24) is 0 Å². The zero-order valence-electron chi connectivity index (χ0n) is 13.7. The third-order valence-electron chi connectivity index (χ3n) is 4.26. The second-order valence-corrected chi connectivity index (χ2v) is 6.83. The van der Waals surface area contributed by atoms with Gasteiger partial charge in [0.25, 0.3) is 0 Å². The highest BCUT2D eigenvalue weighted by atomic mass is 35.5. The number of benzene rings is 2. The topological polar surface area (TPSA) is 63.6 Å². The molecule has 2 aromatic rings. The molecular weight excluding hydrogens is 375 g/mol. The first-order chi connectivity index (χ1) is 12.5. The Morgan fingerprint density at radius 3 is 2.50 bits per heavy atom. The van der Waals surface area contributed by atoms with E-state index < -0.39 is 12.6 Å². The summed E-state index contributed by atoms with van der Waals surface area (Å²) in [5, 5.41) is 9.10. The normalized spacial score (nSPS) is 16.9. The molecule has 1 N–H and O–H groups in total. The summed E-state index contributed by atoms with van der Waals surface area (Å²) in [4.78, 5) is 22.9. The van der Waals surface area contributed by atoms with E-state index in [9.17, 15) is 9.59 Å². The maximum Gasteiger partial charge on any atom is 0.341 e. The molecule has 0 aromatic heterocycles. The Labute approximate surface area is 161 Å². The fraction of sp³-hybridized carbons (Fsp3) is 0.200. The van der Waals surface area contributed by atoms with Crippen LogP contribution in [0, 0.1) is 0 Å². The third kappa shape index (κ3) is 4.09. The molecule has 4 nitrogen and oxygen atoms in total. The SMILES string of the molecule is O=C(O)COc1ccc(C2=CC(=O)CC(c3ccccc3)C2)c(Cl)c1Cl. The number of rotatable bonds is 5. The van der Waals surface area contributed by atoms with Crippen LogP contribution in [0.5, 0.6) is 5.75 Å². The van der Waals surface area contributed by atoms with Crippen molar-refractivity contribution < 1.29 is 19.4 Å². The lowest BCUT2D eigenvalue weighted by atomic mass is 9.81. The molecule has 0 saturated carbocycles. The van der Waals surface area contributed by atoms with E-state index in [1.54, 1.807) is 18.2 Å². The van der Waals surface area contributed by atoms with Gasteiger partial charge >= 0.3 is 5.97 Å². The van der Waals surface area contributed by atoms with Crippen molar-refractivity contribution in [2.24, 2.45) is 0 Å². The lowest BCUT2D eigenvalue weighted by Crippen LogP contribution is -2.13. The monoisotopic (exact) mass is 390 g/mol. The first-order valence-electron chi connectivity index (χ1n) is 8.07. The lowest BCUT2D eigenvalue weighted by molar-refractivity contribution is -0.139. The lowest BCUT2D eigenvalue weighted by Gasteiger charge is -2.23. The third-order valence-corrected chi connectivity index (χ3v) is 5.13. The number of hydrogen-bond acceptors (Lipinski definition) is 3. The second kappa shape index (κ2) is 7.94. The summed E-state index contributed by atoms with van der Waals surface area (Å²) in [6, 6.07) is 13.2. The van der Waals surface area contributed by atoms with Crippen LogP contribution in [-0.2, 0) is 9.59 Å². The highest BCUT2D eigenvalue weighted by Gasteiger charge is 2.25. The zero-order chi connectivity index (χ0) is 18.7. The molecule has 0 spiro atoms. The molecule has 6 heteroatoms. The van der Waals surface area contributed by atoms with Crippen LogP contribution < -0.4 is 4.74 Å². The molecule has 1 aliphatic rings. The van der Waals surface area contributed by atoms with Crippen molar-refractivity contribution in [2.75, 3.05) is 6.61 Å². The summed E-state index contributed by atoms with van der Waals surface area (Å²) in [5.74, 6) is -0.780. The Kier molecular flexibility index (Phi) is 5.64. The fourth-order valence-electron chi connectivity index (χ4n) is 3.07. The molecule has 3 rings (SSSR count). The van der Waals surface area contributed by atoms with Gasteiger partial charge in [-0.1, -0.05) is 53.5 Å². The van der Waals surface area contributed by atoms with Crippen molar-refractivity contribution in [3.8, 4) is 5.75 Å². The van der Waals surface area contributed by atoms with Gasteiger partial charge in [0, 0.05) is 6.42 Å². The van der Waals surface area contributed by atoms with Gasteiger partial charge in [0.15, 0.2) is 12.4 Å². The van der Waals surface area contributed by atoms with E-state index in [1.165, 1.54) is 0 Å². The molecule has 134 valence electrons. The van der Waals surface area contributed by atoms with Gasteiger partial charge < -0.3 is 9.84 Å². The van der Waals surface area contributed by atoms with Crippen LogP contribution in [0.15, 0.2) is 48.5 Å². The Morgan fingerprint density at radius 2 is 1.81 bits per heavy atom. The van der Waals surface area contributed by atoms with E-state index in [2.05, 4.69) is 0 Å². The zero-order valence-corrected chi connectivity index (χ0v) is 15.3. The summed E-state index contributed by atoms with van der Waals surface area (Å²) >= 11 is 12.6. The quantitative estimate of drug-likeness (QED) is 0.780. The molecule has 1 unspecified atom stereocenters. The Morgan fingerprint density at radius 1 is 1.08 bits per heavy atom. The maximum absolute atomic E-state index is 12.2. The van der Waals surface area contributed by atoms with Gasteiger partial charge in [-0.2, -0.15) is 0 Å². The number of carboxylic acid groups (broad SMARTS) is 1. The number of allylic oxidation sites excluding steroid dienone is 2.